The number of thiocarbonyl (C=S) groups is 1. The molecule has 3 heterocycles. The summed E-state index contributed by atoms with van der Waals surface area (Å²) in [5.41, 5.74) is 3.81. The van der Waals surface area contributed by atoms with Crippen molar-refractivity contribution in [3.63, 3.8) is 0 Å². The molecule has 0 bridgehead atoms. The van der Waals surface area contributed by atoms with Gasteiger partial charge in [0.1, 0.15) is 0 Å². The number of rotatable bonds is 6. The molecule has 1 aliphatic rings. The SMILES string of the molecule is CC1=C(c2nc(-c3cccc(Cl)c3)no2)C(c2ccccc2)NC(=S)N1CCc1cccs1. The van der Waals surface area contributed by atoms with Gasteiger partial charge in [-0.3, -0.25) is 0 Å². The third-order valence-corrected chi connectivity index (χ3v) is 7.14. The Balaban J connectivity index is 1.55. The molecule has 0 spiro atoms. The summed E-state index contributed by atoms with van der Waals surface area (Å²) in [5.74, 6) is 0.963. The molecule has 0 radical (unpaired) electrons. The lowest BCUT2D eigenvalue weighted by Gasteiger charge is -2.37. The minimum Gasteiger partial charge on any atom is -0.351 e. The number of nitrogens with one attached hydrogen (secondary N) is 1. The van der Waals surface area contributed by atoms with Gasteiger partial charge in [0.2, 0.25) is 5.82 Å². The van der Waals surface area contributed by atoms with E-state index in [1.54, 1.807) is 11.3 Å². The van der Waals surface area contributed by atoms with Crippen LogP contribution in [0.3, 0.4) is 0 Å². The van der Waals surface area contributed by atoms with E-state index in [2.05, 4.69) is 51.9 Å². The Kier molecular flexibility index (Phi) is 6.26. The lowest BCUT2D eigenvalue weighted by atomic mass is 9.95. The van der Waals surface area contributed by atoms with Gasteiger partial charge in [-0.05, 0) is 54.7 Å². The number of thiophene rings is 1. The van der Waals surface area contributed by atoms with Crippen LogP contribution in [0.1, 0.15) is 29.3 Å². The smallest absolute Gasteiger partial charge is 0.258 e. The number of benzene rings is 2. The van der Waals surface area contributed by atoms with Crippen LogP contribution in [0.5, 0.6) is 0 Å². The molecule has 5 nitrogen and oxygen atoms in total. The van der Waals surface area contributed by atoms with Gasteiger partial charge < -0.3 is 14.7 Å². The molecule has 2 aromatic carbocycles. The van der Waals surface area contributed by atoms with Crippen LogP contribution in [0, 0.1) is 0 Å². The summed E-state index contributed by atoms with van der Waals surface area (Å²) in [5, 5.41) is 11.2. The number of nitrogens with zero attached hydrogens (tertiary/aromatic N) is 3. The van der Waals surface area contributed by atoms with Crippen molar-refractivity contribution in [1.82, 2.24) is 20.4 Å². The van der Waals surface area contributed by atoms with Crippen LogP contribution >= 0.6 is 35.2 Å². The first-order chi connectivity index (χ1) is 16.1. The highest BCUT2D eigenvalue weighted by molar-refractivity contribution is 7.80. The minimum absolute atomic E-state index is 0.190. The molecule has 8 heteroatoms. The van der Waals surface area contributed by atoms with E-state index in [-0.39, 0.29) is 6.04 Å². The van der Waals surface area contributed by atoms with Crippen LogP contribution in [-0.4, -0.2) is 26.7 Å². The van der Waals surface area contributed by atoms with Gasteiger partial charge in [0.15, 0.2) is 5.11 Å². The van der Waals surface area contributed by atoms with Crippen LogP contribution in [-0.2, 0) is 6.42 Å². The number of hydrogen-bond donors (Lipinski definition) is 1. The first kappa shape index (κ1) is 21.8. The molecule has 1 N–H and O–H groups in total. The maximum Gasteiger partial charge on any atom is 0.258 e. The molecule has 0 saturated carbocycles. The molecule has 1 unspecified atom stereocenters. The molecule has 0 amide bonds. The Morgan fingerprint density at radius 2 is 1.97 bits per heavy atom. The van der Waals surface area contributed by atoms with Crippen LogP contribution in [0.15, 0.2) is 82.3 Å². The van der Waals surface area contributed by atoms with Crippen LogP contribution in [0.25, 0.3) is 17.0 Å². The minimum atomic E-state index is -0.190. The predicted molar refractivity (Wildman–Crippen MR) is 137 cm³/mol. The first-order valence-electron chi connectivity index (χ1n) is 10.6. The largest absolute Gasteiger partial charge is 0.351 e. The van der Waals surface area contributed by atoms with Crippen molar-refractivity contribution in [3.8, 4) is 11.4 Å². The van der Waals surface area contributed by atoms with Crippen molar-refractivity contribution < 1.29 is 4.52 Å². The van der Waals surface area contributed by atoms with Crippen molar-refractivity contribution in [2.45, 2.75) is 19.4 Å². The van der Waals surface area contributed by atoms with Crippen LogP contribution < -0.4 is 5.32 Å². The predicted octanol–water partition coefficient (Wildman–Crippen LogP) is 6.36. The van der Waals surface area contributed by atoms with E-state index >= 15 is 0 Å². The molecule has 4 aromatic rings. The quantitative estimate of drug-likeness (QED) is 0.316. The molecule has 0 saturated heterocycles. The molecule has 5 rings (SSSR count). The monoisotopic (exact) mass is 492 g/mol. The Hall–Kier alpha value is -3.00. The number of halogens is 1. The standard InChI is InChI=1S/C25H21ClN4OS2/c1-16-21(24-28-23(29-31-24)18-9-5-10-19(26)15-18)22(17-7-3-2-4-8-17)27-25(32)30(16)13-12-20-11-6-14-33-20/h2-11,14-15,22H,12-13H2,1H3,(H,27,32). The average Bonchev–Trinajstić information content (AvgIpc) is 3.52. The summed E-state index contributed by atoms with van der Waals surface area (Å²) in [7, 11) is 0. The fraction of sp³-hybridized carbons (Fsp3) is 0.160. The molecule has 0 aliphatic carbocycles. The zero-order chi connectivity index (χ0) is 22.8. The van der Waals surface area contributed by atoms with E-state index in [1.165, 1.54) is 4.88 Å². The lowest BCUT2D eigenvalue weighted by molar-refractivity contribution is 0.397. The van der Waals surface area contributed by atoms with E-state index in [0.717, 1.165) is 35.4 Å². The van der Waals surface area contributed by atoms with Gasteiger partial charge in [-0.15, -0.1) is 11.3 Å². The van der Waals surface area contributed by atoms with Gasteiger partial charge in [-0.25, -0.2) is 0 Å². The molecule has 1 atom stereocenters. The number of aromatic nitrogens is 2. The Morgan fingerprint density at radius 1 is 1.12 bits per heavy atom. The number of allylic oxidation sites excluding steroid dienone is 1. The average molecular weight is 493 g/mol. The topological polar surface area (TPSA) is 54.2 Å². The zero-order valence-corrected chi connectivity index (χ0v) is 20.3. The summed E-state index contributed by atoms with van der Waals surface area (Å²) >= 11 is 13.7. The summed E-state index contributed by atoms with van der Waals surface area (Å²) in [4.78, 5) is 8.17. The second-order valence-corrected chi connectivity index (χ2v) is 9.56. The zero-order valence-electron chi connectivity index (χ0n) is 17.9. The van der Waals surface area contributed by atoms with Crippen molar-refractivity contribution in [3.05, 3.63) is 99.2 Å². The van der Waals surface area contributed by atoms with Gasteiger partial charge >= 0.3 is 0 Å². The summed E-state index contributed by atoms with van der Waals surface area (Å²) < 4.78 is 5.78. The van der Waals surface area contributed by atoms with E-state index in [4.69, 9.17) is 33.3 Å². The molecule has 166 valence electrons. The molecular formula is C25H21ClN4OS2. The van der Waals surface area contributed by atoms with Crippen LogP contribution in [0.4, 0.5) is 0 Å². The van der Waals surface area contributed by atoms with Gasteiger partial charge in [0.05, 0.1) is 11.6 Å². The van der Waals surface area contributed by atoms with Gasteiger partial charge in [-0.1, -0.05) is 65.3 Å². The normalized spacial score (nSPS) is 16.2. The fourth-order valence-corrected chi connectivity index (χ4v) is 5.21. The van der Waals surface area contributed by atoms with E-state index in [9.17, 15) is 0 Å². The second-order valence-electron chi connectivity index (χ2n) is 7.71. The third-order valence-electron chi connectivity index (χ3n) is 5.63. The van der Waals surface area contributed by atoms with Crippen molar-refractivity contribution in [2.75, 3.05) is 6.54 Å². The first-order valence-corrected chi connectivity index (χ1v) is 12.2. The second kappa shape index (κ2) is 9.47. The van der Waals surface area contributed by atoms with Crippen molar-refractivity contribution >= 4 is 45.8 Å². The highest BCUT2D eigenvalue weighted by Crippen LogP contribution is 2.37. The highest BCUT2D eigenvalue weighted by atomic mass is 35.5. The molecule has 2 aromatic heterocycles. The summed E-state index contributed by atoms with van der Waals surface area (Å²) in [6, 6.07) is 21.6. The van der Waals surface area contributed by atoms with E-state index < -0.39 is 0 Å². The third kappa shape index (κ3) is 4.57. The van der Waals surface area contributed by atoms with E-state index in [1.807, 2.05) is 42.5 Å². The number of hydrogen-bond acceptors (Lipinski definition) is 5. The fourth-order valence-electron chi connectivity index (χ4n) is 3.98. The Bertz CT molecular complexity index is 1300. The maximum atomic E-state index is 6.16. The highest BCUT2D eigenvalue weighted by Gasteiger charge is 2.33. The van der Waals surface area contributed by atoms with Crippen molar-refractivity contribution in [1.29, 1.82) is 0 Å². The molecule has 1 aliphatic heterocycles. The van der Waals surface area contributed by atoms with Gasteiger partial charge in [-0.2, -0.15) is 4.98 Å². The summed E-state index contributed by atoms with van der Waals surface area (Å²) in [6.07, 6.45) is 0.901. The Labute approximate surface area is 206 Å². The molecule has 33 heavy (non-hydrogen) atoms. The molecular weight excluding hydrogens is 472 g/mol. The lowest BCUT2D eigenvalue weighted by Crippen LogP contribution is -2.46. The van der Waals surface area contributed by atoms with Gasteiger partial charge in [0, 0.05) is 27.7 Å². The van der Waals surface area contributed by atoms with Crippen LogP contribution in [0.2, 0.25) is 5.02 Å². The molecule has 0 fully saturated rings. The van der Waals surface area contributed by atoms with E-state index in [0.29, 0.717) is 21.9 Å². The maximum absolute atomic E-state index is 6.16. The Morgan fingerprint density at radius 3 is 2.73 bits per heavy atom. The van der Waals surface area contributed by atoms with Crippen molar-refractivity contribution in [2.24, 2.45) is 0 Å². The van der Waals surface area contributed by atoms with Gasteiger partial charge in [0.25, 0.3) is 5.89 Å². The summed E-state index contributed by atoms with van der Waals surface area (Å²) in [6.45, 7) is 2.83.